The predicted molar refractivity (Wildman–Crippen MR) is 104 cm³/mol. The van der Waals surface area contributed by atoms with E-state index in [0.717, 1.165) is 23.8 Å². The summed E-state index contributed by atoms with van der Waals surface area (Å²) in [5.41, 5.74) is -0.325. The first kappa shape index (κ1) is 19.3. The predicted octanol–water partition coefficient (Wildman–Crippen LogP) is 4.69. The van der Waals surface area contributed by atoms with Crippen LogP contribution in [0.1, 0.15) is 5.56 Å². The van der Waals surface area contributed by atoms with Gasteiger partial charge >= 0.3 is 5.69 Å². The van der Waals surface area contributed by atoms with Crippen LogP contribution in [0, 0.1) is 20.2 Å². The highest BCUT2D eigenvalue weighted by atomic mass is 31.2. The summed E-state index contributed by atoms with van der Waals surface area (Å²) in [5.74, 6) is -0.279. The molecule has 0 aliphatic carbocycles. The molecule has 8 nitrogen and oxygen atoms in total. The van der Waals surface area contributed by atoms with E-state index in [0.29, 0.717) is 5.30 Å². The molecule has 0 aliphatic heterocycles. The highest BCUT2D eigenvalue weighted by Gasteiger charge is 2.32. The lowest BCUT2D eigenvalue weighted by molar-refractivity contribution is -0.394. The molecule has 28 heavy (non-hydrogen) atoms. The Morgan fingerprint density at radius 3 is 2.00 bits per heavy atom. The Morgan fingerprint density at radius 2 is 1.43 bits per heavy atom. The maximum Gasteiger partial charge on any atom is 0.318 e. The van der Waals surface area contributed by atoms with E-state index in [9.17, 15) is 24.8 Å². The van der Waals surface area contributed by atoms with Gasteiger partial charge < -0.3 is 4.52 Å². The molecule has 0 heterocycles. The molecule has 0 N–H and O–H groups in total. The summed E-state index contributed by atoms with van der Waals surface area (Å²) in [4.78, 5) is 20.8. The van der Waals surface area contributed by atoms with Gasteiger partial charge in [-0.2, -0.15) is 0 Å². The number of hydrogen-bond donors (Lipinski definition) is 0. The summed E-state index contributed by atoms with van der Waals surface area (Å²) in [5, 5.41) is 22.7. The largest absolute Gasteiger partial charge is 0.432 e. The minimum Gasteiger partial charge on any atom is -0.432 e. The molecule has 3 rings (SSSR count). The van der Waals surface area contributed by atoms with Gasteiger partial charge in [-0.1, -0.05) is 48.5 Å². The quantitative estimate of drug-likeness (QED) is 0.324. The molecule has 3 aromatic carbocycles. The lowest BCUT2D eigenvalue weighted by atomic mass is 10.2. The van der Waals surface area contributed by atoms with Crippen molar-refractivity contribution in [2.75, 3.05) is 0 Å². The average molecular weight is 398 g/mol. The summed E-state index contributed by atoms with van der Waals surface area (Å²) in [6.07, 6.45) is 0.0198. The first-order valence-electron chi connectivity index (χ1n) is 8.20. The van der Waals surface area contributed by atoms with Crippen molar-refractivity contribution >= 4 is 24.0 Å². The Balaban J connectivity index is 2.07. The van der Waals surface area contributed by atoms with Crippen LogP contribution >= 0.6 is 7.37 Å². The SMILES string of the molecule is O=[N+]([O-])c1ccc(OP(=O)(Cc2ccccc2)c2ccccc2)c([N+](=O)[O-])c1. The van der Waals surface area contributed by atoms with Crippen LogP contribution in [0.15, 0.2) is 78.9 Å². The van der Waals surface area contributed by atoms with E-state index in [-0.39, 0.29) is 11.9 Å². The maximum atomic E-state index is 13.8. The van der Waals surface area contributed by atoms with Crippen LogP contribution in [0.2, 0.25) is 0 Å². The fourth-order valence-electron chi connectivity index (χ4n) is 2.65. The van der Waals surface area contributed by atoms with Gasteiger partial charge in [-0.05, 0) is 23.8 Å². The van der Waals surface area contributed by atoms with Crippen LogP contribution in [-0.2, 0) is 10.7 Å². The van der Waals surface area contributed by atoms with Gasteiger partial charge in [0.05, 0.1) is 22.1 Å². The average Bonchev–Trinajstić information content (AvgIpc) is 2.69. The van der Waals surface area contributed by atoms with E-state index in [4.69, 9.17) is 4.52 Å². The first-order valence-corrected chi connectivity index (χ1v) is 10.0. The zero-order chi connectivity index (χ0) is 20.1. The molecule has 0 bridgehead atoms. The molecule has 1 atom stereocenters. The summed E-state index contributed by atoms with van der Waals surface area (Å²) < 4.78 is 19.5. The fraction of sp³-hybridized carbons (Fsp3) is 0.0526. The zero-order valence-electron chi connectivity index (χ0n) is 14.5. The van der Waals surface area contributed by atoms with Crippen LogP contribution in [0.5, 0.6) is 5.75 Å². The van der Waals surface area contributed by atoms with Crippen LogP contribution < -0.4 is 9.83 Å². The molecular formula is C19H15N2O6P. The van der Waals surface area contributed by atoms with E-state index in [2.05, 4.69) is 0 Å². The van der Waals surface area contributed by atoms with Gasteiger partial charge in [-0.15, -0.1) is 0 Å². The second-order valence-corrected chi connectivity index (χ2v) is 8.27. The third-order valence-corrected chi connectivity index (χ3v) is 6.34. The molecule has 0 amide bonds. The third kappa shape index (κ3) is 4.24. The van der Waals surface area contributed by atoms with Crippen molar-refractivity contribution in [3.05, 3.63) is 105 Å². The van der Waals surface area contributed by atoms with Gasteiger partial charge in [-0.25, -0.2) is 0 Å². The number of nitro groups is 2. The van der Waals surface area contributed by atoms with Gasteiger partial charge in [0.15, 0.2) is 0 Å². The number of rotatable bonds is 7. The molecule has 0 aliphatic rings. The topological polar surface area (TPSA) is 113 Å². The van der Waals surface area contributed by atoms with E-state index in [1.54, 1.807) is 54.6 Å². The molecule has 0 saturated heterocycles. The second-order valence-electron chi connectivity index (χ2n) is 5.91. The molecule has 3 aromatic rings. The Hall–Kier alpha value is -3.51. The third-order valence-electron chi connectivity index (χ3n) is 3.98. The Morgan fingerprint density at radius 1 is 0.821 bits per heavy atom. The van der Waals surface area contributed by atoms with Gasteiger partial charge in [0.25, 0.3) is 13.1 Å². The Kier molecular flexibility index (Phi) is 5.52. The van der Waals surface area contributed by atoms with Crippen molar-refractivity contribution in [3.63, 3.8) is 0 Å². The van der Waals surface area contributed by atoms with Crippen molar-refractivity contribution in [2.24, 2.45) is 0 Å². The Bertz CT molecular complexity index is 1060. The van der Waals surface area contributed by atoms with E-state index < -0.39 is 28.6 Å². The molecular weight excluding hydrogens is 383 g/mol. The number of nitro benzene ring substituents is 2. The van der Waals surface area contributed by atoms with Crippen LogP contribution in [-0.4, -0.2) is 9.85 Å². The van der Waals surface area contributed by atoms with Crippen LogP contribution in [0.25, 0.3) is 0 Å². The van der Waals surface area contributed by atoms with E-state index in [1.807, 2.05) is 6.07 Å². The number of nitrogens with zero attached hydrogens (tertiary/aromatic N) is 2. The lowest BCUT2D eigenvalue weighted by Crippen LogP contribution is -2.12. The van der Waals surface area contributed by atoms with Gasteiger partial charge in [-0.3, -0.25) is 24.8 Å². The summed E-state index contributed by atoms with van der Waals surface area (Å²) >= 11 is 0. The number of benzene rings is 3. The monoisotopic (exact) mass is 398 g/mol. The van der Waals surface area contributed by atoms with Crippen molar-refractivity contribution in [1.29, 1.82) is 0 Å². The summed E-state index contributed by atoms with van der Waals surface area (Å²) in [7, 11) is -3.60. The number of non-ortho nitro benzene ring substituents is 1. The standard InChI is InChI=1S/C19H15N2O6P/c22-20(23)16-11-12-19(18(13-16)21(24)25)27-28(26,17-9-5-2-6-10-17)14-15-7-3-1-4-8-15/h1-13H,14H2. The second kappa shape index (κ2) is 8.02. The lowest BCUT2D eigenvalue weighted by Gasteiger charge is -2.20. The molecule has 9 heteroatoms. The molecule has 1 unspecified atom stereocenters. The van der Waals surface area contributed by atoms with Crippen molar-refractivity contribution in [2.45, 2.75) is 6.16 Å². The minimum atomic E-state index is -3.60. The maximum absolute atomic E-state index is 13.8. The van der Waals surface area contributed by atoms with Crippen molar-refractivity contribution < 1.29 is 18.9 Å². The smallest absolute Gasteiger partial charge is 0.318 e. The Labute approximate surface area is 160 Å². The normalized spacial score (nSPS) is 12.7. The van der Waals surface area contributed by atoms with Crippen molar-refractivity contribution in [3.8, 4) is 5.75 Å². The molecule has 0 aromatic heterocycles. The molecule has 0 saturated carbocycles. The van der Waals surface area contributed by atoms with Gasteiger partial charge in [0.1, 0.15) is 0 Å². The van der Waals surface area contributed by atoms with Gasteiger partial charge in [0.2, 0.25) is 5.75 Å². The summed E-state index contributed by atoms with van der Waals surface area (Å²) in [6.45, 7) is 0. The molecule has 142 valence electrons. The van der Waals surface area contributed by atoms with Crippen LogP contribution in [0.4, 0.5) is 11.4 Å². The van der Waals surface area contributed by atoms with E-state index >= 15 is 0 Å². The first-order chi connectivity index (χ1) is 13.4. The highest BCUT2D eigenvalue weighted by Crippen LogP contribution is 2.51. The van der Waals surface area contributed by atoms with Crippen molar-refractivity contribution in [1.82, 2.24) is 0 Å². The molecule has 0 spiro atoms. The minimum absolute atomic E-state index is 0.0198. The molecule has 0 radical (unpaired) electrons. The van der Waals surface area contributed by atoms with Crippen LogP contribution in [0.3, 0.4) is 0 Å². The van der Waals surface area contributed by atoms with Gasteiger partial charge in [0, 0.05) is 11.4 Å². The number of hydrogen-bond acceptors (Lipinski definition) is 6. The zero-order valence-corrected chi connectivity index (χ0v) is 15.4. The molecule has 0 fully saturated rings. The van der Waals surface area contributed by atoms with E-state index in [1.165, 1.54) is 0 Å². The fourth-order valence-corrected chi connectivity index (χ4v) is 4.80. The highest BCUT2D eigenvalue weighted by molar-refractivity contribution is 7.66. The summed E-state index contributed by atoms with van der Waals surface area (Å²) in [6, 6.07) is 20.3.